The Labute approximate surface area is 97.8 Å². The first-order chi connectivity index (χ1) is 7.09. The van der Waals surface area contributed by atoms with Gasteiger partial charge in [0.25, 0.3) is 0 Å². The molecule has 1 rings (SSSR count). The van der Waals surface area contributed by atoms with Crippen LogP contribution in [0.4, 0.5) is 0 Å². The van der Waals surface area contributed by atoms with Crippen LogP contribution in [0.2, 0.25) is 0 Å². The molecule has 84 valence electrons. The first kappa shape index (κ1) is 12.5. The van der Waals surface area contributed by atoms with Crippen LogP contribution in [-0.2, 0) is 6.54 Å². The highest BCUT2D eigenvalue weighted by atomic mass is 35.5. The summed E-state index contributed by atoms with van der Waals surface area (Å²) >= 11 is 6.15. The summed E-state index contributed by atoms with van der Waals surface area (Å²) in [5.74, 6) is 0.525. The first-order valence-corrected chi connectivity index (χ1v) is 5.93. The highest BCUT2D eigenvalue weighted by Gasteiger charge is 2.08. The van der Waals surface area contributed by atoms with E-state index in [1.165, 1.54) is 11.1 Å². The summed E-state index contributed by atoms with van der Waals surface area (Å²) in [7, 11) is 0. The van der Waals surface area contributed by atoms with Gasteiger partial charge in [-0.25, -0.2) is 0 Å². The highest BCUT2D eigenvalue weighted by Crippen LogP contribution is 2.08. The molecule has 0 aliphatic rings. The predicted octanol–water partition coefficient (Wildman–Crippen LogP) is 3.35. The third-order valence-electron chi connectivity index (χ3n) is 2.47. The summed E-state index contributed by atoms with van der Waals surface area (Å²) in [5, 5.41) is 3.60. The molecule has 0 amide bonds. The molecule has 1 unspecified atom stereocenters. The van der Waals surface area contributed by atoms with E-state index in [0.717, 1.165) is 13.1 Å². The zero-order valence-corrected chi connectivity index (χ0v) is 10.5. The molecule has 0 radical (unpaired) electrons. The zero-order chi connectivity index (χ0) is 11.3. The summed E-state index contributed by atoms with van der Waals surface area (Å²) in [4.78, 5) is 0. The minimum Gasteiger partial charge on any atom is -0.311 e. The molecule has 1 N–H and O–H groups in total. The van der Waals surface area contributed by atoms with Crippen molar-refractivity contribution in [3.8, 4) is 0 Å². The van der Waals surface area contributed by atoms with Crippen LogP contribution in [0.15, 0.2) is 24.3 Å². The van der Waals surface area contributed by atoms with E-state index in [1.807, 2.05) is 0 Å². The molecule has 0 bridgehead atoms. The van der Waals surface area contributed by atoms with Gasteiger partial charge in [0, 0.05) is 18.5 Å². The monoisotopic (exact) mass is 225 g/mol. The Morgan fingerprint density at radius 3 is 2.67 bits per heavy atom. The molecular weight excluding hydrogens is 206 g/mol. The number of alkyl halides is 1. The van der Waals surface area contributed by atoms with Gasteiger partial charge in [0.15, 0.2) is 0 Å². The number of hydrogen-bond acceptors (Lipinski definition) is 1. The number of hydrogen-bond donors (Lipinski definition) is 1. The Hall–Kier alpha value is -0.530. The summed E-state index contributed by atoms with van der Waals surface area (Å²) in [6.45, 7) is 8.17. The van der Waals surface area contributed by atoms with Crippen molar-refractivity contribution < 1.29 is 0 Å². The van der Waals surface area contributed by atoms with Crippen molar-refractivity contribution in [3.63, 3.8) is 0 Å². The number of nitrogens with one attached hydrogen (secondary N) is 1. The van der Waals surface area contributed by atoms with Gasteiger partial charge in [0.2, 0.25) is 0 Å². The fraction of sp³-hybridized carbons (Fsp3) is 0.538. The Morgan fingerprint density at radius 2 is 2.07 bits per heavy atom. The molecular formula is C13H20ClN. The average Bonchev–Trinajstić information content (AvgIpc) is 2.17. The van der Waals surface area contributed by atoms with Crippen molar-refractivity contribution in [3.05, 3.63) is 35.4 Å². The molecule has 0 saturated carbocycles. The van der Waals surface area contributed by atoms with Crippen LogP contribution in [-0.4, -0.2) is 11.9 Å². The number of benzene rings is 1. The van der Waals surface area contributed by atoms with Gasteiger partial charge in [-0.2, -0.15) is 0 Å². The lowest BCUT2D eigenvalue weighted by Gasteiger charge is -2.14. The molecule has 1 aromatic rings. The predicted molar refractivity (Wildman–Crippen MR) is 67.4 cm³/mol. The van der Waals surface area contributed by atoms with Crippen molar-refractivity contribution in [2.24, 2.45) is 5.92 Å². The third-order valence-corrected chi connectivity index (χ3v) is 3.13. The Balaban J connectivity index is 2.32. The van der Waals surface area contributed by atoms with Crippen LogP contribution in [0, 0.1) is 12.8 Å². The van der Waals surface area contributed by atoms with Gasteiger partial charge in [-0.3, -0.25) is 0 Å². The third kappa shape index (κ3) is 4.67. The summed E-state index contributed by atoms with van der Waals surface area (Å²) in [6.07, 6.45) is 0. The SMILES string of the molecule is Cc1cccc(CNCC(Cl)C(C)C)c1. The lowest BCUT2D eigenvalue weighted by atomic mass is 10.1. The van der Waals surface area contributed by atoms with E-state index in [-0.39, 0.29) is 5.38 Å². The number of rotatable bonds is 5. The quantitative estimate of drug-likeness (QED) is 0.758. The number of aryl methyl sites for hydroxylation is 1. The van der Waals surface area contributed by atoms with E-state index in [4.69, 9.17) is 11.6 Å². The van der Waals surface area contributed by atoms with Crippen molar-refractivity contribution in [1.29, 1.82) is 0 Å². The lowest BCUT2D eigenvalue weighted by molar-refractivity contribution is 0.546. The molecule has 0 aromatic heterocycles. The molecule has 1 nitrogen and oxygen atoms in total. The fourth-order valence-corrected chi connectivity index (χ4v) is 1.52. The first-order valence-electron chi connectivity index (χ1n) is 5.50. The molecule has 0 aliphatic heterocycles. The van der Waals surface area contributed by atoms with E-state index < -0.39 is 0 Å². The van der Waals surface area contributed by atoms with Gasteiger partial charge >= 0.3 is 0 Å². The lowest BCUT2D eigenvalue weighted by Crippen LogP contribution is -2.26. The minimum absolute atomic E-state index is 0.217. The van der Waals surface area contributed by atoms with E-state index in [0.29, 0.717) is 5.92 Å². The van der Waals surface area contributed by atoms with Crippen molar-refractivity contribution in [2.75, 3.05) is 6.54 Å². The van der Waals surface area contributed by atoms with Gasteiger partial charge in [-0.05, 0) is 18.4 Å². The Kier molecular flexibility index (Phi) is 5.13. The summed E-state index contributed by atoms with van der Waals surface area (Å²) in [5.41, 5.74) is 2.63. The maximum absolute atomic E-state index is 6.15. The van der Waals surface area contributed by atoms with Crippen LogP contribution in [0.5, 0.6) is 0 Å². The topological polar surface area (TPSA) is 12.0 Å². The molecule has 0 fully saturated rings. The van der Waals surface area contributed by atoms with Crippen LogP contribution < -0.4 is 5.32 Å². The Bertz CT molecular complexity index is 296. The fourth-order valence-electron chi connectivity index (χ4n) is 1.41. The standard InChI is InChI=1S/C13H20ClN/c1-10(2)13(14)9-15-8-12-6-4-5-11(3)7-12/h4-7,10,13,15H,8-9H2,1-3H3. The highest BCUT2D eigenvalue weighted by molar-refractivity contribution is 6.20. The second kappa shape index (κ2) is 6.14. The Morgan fingerprint density at radius 1 is 1.33 bits per heavy atom. The van der Waals surface area contributed by atoms with Gasteiger partial charge in [0.1, 0.15) is 0 Å². The van der Waals surface area contributed by atoms with Gasteiger partial charge in [0.05, 0.1) is 0 Å². The normalized spacial score (nSPS) is 13.1. The van der Waals surface area contributed by atoms with Gasteiger partial charge < -0.3 is 5.32 Å². The van der Waals surface area contributed by atoms with Gasteiger partial charge in [-0.1, -0.05) is 43.7 Å². The zero-order valence-electron chi connectivity index (χ0n) is 9.76. The summed E-state index contributed by atoms with van der Waals surface area (Å²) in [6, 6.07) is 8.54. The molecule has 2 heteroatoms. The maximum atomic E-state index is 6.15. The van der Waals surface area contributed by atoms with Crippen LogP contribution in [0.25, 0.3) is 0 Å². The van der Waals surface area contributed by atoms with E-state index in [1.54, 1.807) is 0 Å². The van der Waals surface area contributed by atoms with Crippen molar-refractivity contribution in [1.82, 2.24) is 5.32 Å². The molecule has 15 heavy (non-hydrogen) atoms. The van der Waals surface area contributed by atoms with E-state index in [2.05, 4.69) is 50.4 Å². The van der Waals surface area contributed by atoms with Crippen LogP contribution >= 0.6 is 11.6 Å². The molecule has 1 aromatic carbocycles. The van der Waals surface area contributed by atoms with E-state index in [9.17, 15) is 0 Å². The molecule has 0 spiro atoms. The largest absolute Gasteiger partial charge is 0.311 e. The second-order valence-corrected chi connectivity index (χ2v) is 4.94. The van der Waals surface area contributed by atoms with Crippen LogP contribution in [0.1, 0.15) is 25.0 Å². The molecule has 1 atom stereocenters. The van der Waals surface area contributed by atoms with Gasteiger partial charge in [-0.15, -0.1) is 11.6 Å². The maximum Gasteiger partial charge on any atom is 0.0483 e. The number of halogens is 1. The average molecular weight is 226 g/mol. The van der Waals surface area contributed by atoms with Crippen molar-refractivity contribution >= 4 is 11.6 Å². The second-order valence-electron chi connectivity index (χ2n) is 4.38. The summed E-state index contributed by atoms with van der Waals surface area (Å²) < 4.78 is 0. The molecule has 0 aliphatic carbocycles. The smallest absolute Gasteiger partial charge is 0.0483 e. The van der Waals surface area contributed by atoms with Crippen molar-refractivity contribution in [2.45, 2.75) is 32.7 Å². The van der Waals surface area contributed by atoms with Crippen LogP contribution in [0.3, 0.4) is 0 Å². The molecule has 0 heterocycles. The molecule has 0 saturated heterocycles. The minimum atomic E-state index is 0.217. The van der Waals surface area contributed by atoms with E-state index >= 15 is 0 Å².